The molecule has 2 heterocycles. The lowest BCUT2D eigenvalue weighted by molar-refractivity contribution is -0.119. The number of methoxy groups -OCH3 is 1. The van der Waals surface area contributed by atoms with Gasteiger partial charge in [0.2, 0.25) is 11.8 Å². The summed E-state index contributed by atoms with van der Waals surface area (Å²) in [7, 11) is 1.62. The fraction of sp³-hybridized carbons (Fsp3) is 0.389. The summed E-state index contributed by atoms with van der Waals surface area (Å²) in [4.78, 5) is 22.4. The number of ether oxygens (including phenoxy) is 2. The summed E-state index contributed by atoms with van der Waals surface area (Å²) in [6.07, 6.45) is 1.89. The van der Waals surface area contributed by atoms with Crippen molar-refractivity contribution in [3.8, 4) is 17.4 Å². The topological polar surface area (TPSA) is 90.6 Å². The van der Waals surface area contributed by atoms with Crippen molar-refractivity contribution in [1.82, 2.24) is 14.9 Å². The number of rotatable bonds is 6. The maximum atomic E-state index is 11.3. The van der Waals surface area contributed by atoms with Crippen LogP contribution in [0.5, 0.6) is 17.4 Å². The molecule has 2 aromatic rings. The molecule has 1 fully saturated rings. The first-order valence-corrected chi connectivity index (χ1v) is 8.25. The van der Waals surface area contributed by atoms with Gasteiger partial charge in [-0.2, -0.15) is 4.98 Å². The highest BCUT2D eigenvalue weighted by Gasteiger charge is 2.29. The number of nitrogens with zero attached hydrogens (tertiary/aromatic N) is 3. The van der Waals surface area contributed by atoms with E-state index in [0.29, 0.717) is 17.5 Å². The average Bonchev–Trinajstić information content (AvgIpc) is 3.02. The molecule has 1 aliphatic heterocycles. The van der Waals surface area contributed by atoms with Crippen LogP contribution in [0, 0.1) is 6.92 Å². The van der Waals surface area contributed by atoms with E-state index in [2.05, 4.69) is 9.97 Å². The van der Waals surface area contributed by atoms with Gasteiger partial charge >= 0.3 is 0 Å². The van der Waals surface area contributed by atoms with E-state index < -0.39 is 0 Å². The first-order valence-electron chi connectivity index (χ1n) is 8.25. The van der Waals surface area contributed by atoms with Crippen molar-refractivity contribution < 1.29 is 14.3 Å². The Bertz CT molecular complexity index is 748. The van der Waals surface area contributed by atoms with E-state index in [4.69, 9.17) is 15.2 Å². The van der Waals surface area contributed by atoms with E-state index in [1.54, 1.807) is 13.2 Å². The highest BCUT2D eigenvalue weighted by Crippen LogP contribution is 2.31. The zero-order valence-corrected chi connectivity index (χ0v) is 14.4. The van der Waals surface area contributed by atoms with Gasteiger partial charge in [-0.3, -0.25) is 9.69 Å². The lowest BCUT2D eigenvalue weighted by atomic mass is 10.2. The third kappa shape index (κ3) is 4.24. The second kappa shape index (κ2) is 7.48. The third-order valence-corrected chi connectivity index (χ3v) is 4.15. The van der Waals surface area contributed by atoms with Gasteiger partial charge in [0.25, 0.3) is 0 Å². The molecule has 1 amide bonds. The molecule has 2 N–H and O–H groups in total. The fourth-order valence-corrected chi connectivity index (χ4v) is 3.04. The predicted octanol–water partition coefficient (Wildman–Crippen LogP) is 2.21. The molecular weight excluding hydrogens is 320 g/mol. The number of likely N-dealkylation sites (tertiary alicyclic amines) is 1. The molecule has 1 aromatic carbocycles. The Hall–Kier alpha value is -2.67. The van der Waals surface area contributed by atoms with Crippen molar-refractivity contribution in [1.29, 1.82) is 0 Å². The van der Waals surface area contributed by atoms with Crippen LogP contribution in [0.3, 0.4) is 0 Å². The normalized spacial score (nSPS) is 17.4. The largest absolute Gasteiger partial charge is 0.497 e. The first kappa shape index (κ1) is 17.2. The minimum atomic E-state index is -0.339. The molecule has 7 nitrogen and oxygen atoms in total. The highest BCUT2D eigenvalue weighted by atomic mass is 16.5. The van der Waals surface area contributed by atoms with E-state index >= 15 is 0 Å². The standard InChI is InChI=1S/C18H22N4O3/c1-12-10-17(25-14-7-5-13(24-2)6-8-14)21-18(20-12)15-4-3-9-22(15)11-16(19)23/h5-8,10,15H,3-4,9,11H2,1-2H3,(H2,19,23)/t15-/m1/s1. The predicted molar refractivity (Wildman–Crippen MR) is 92.6 cm³/mol. The summed E-state index contributed by atoms with van der Waals surface area (Å²) in [5.41, 5.74) is 6.16. The van der Waals surface area contributed by atoms with Crippen molar-refractivity contribution >= 4 is 5.91 Å². The van der Waals surface area contributed by atoms with Gasteiger partial charge in [0.15, 0.2) is 0 Å². The minimum absolute atomic E-state index is 0.00869. The monoisotopic (exact) mass is 342 g/mol. The zero-order valence-electron chi connectivity index (χ0n) is 14.4. The van der Waals surface area contributed by atoms with Crippen LogP contribution in [0.2, 0.25) is 0 Å². The fourth-order valence-electron chi connectivity index (χ4n) is 3.04. The van der Waals surface area contributed by atoms with Gasteiger partial charge in [0.05, 0.1) is 19.7 Å². The van der Waals surface area contributed by atoms with Crippen LogP contribution in [0.15, 0.2) is 30.3 Å². The van der Waals surface area contributed by atoms with Crippen LogP contribution in [0.4, 0.5) is 0 Å². The molecule has 25 heavy (non-hydrogen) atoms. The van der Waals surface area contributed by atoms with Gasteiger partial charge in [-0.15, -0.1) is 0 Å². The van der Waals surface area contributed by atoms with Crippen molar-refractivity contribution in [3.63, 3.8) is 0 Å². The molecule has 3 rings (SSSR count). The van der Waals surface area contributed by atoms with Crippen LogP contribution in [0.1, 0.15) is 30.4 Å². The lowest BCUT2D eigenvalue weighted by Crippen LogP contribution is -2.34. The maximum absolute atomic E-state index is 11.3. The Morgan fingerprint density at radius 1 is 1.28 bits per heavy atom. The van der Waals surface area contributed by atoms with Crippen LogP contribution in [-0.4, -0.2) is 41.0 Å². The van der Waals surface area contributed by atoms with Gasteiger partial charge in [-0.1, -0.05) is 0 Å². The Morgan fingerprint density at radius 2 is 2.00 bits per heavy atom. The lowest BCUT2D eigenvalue weighted by Gasteiger charge is -2.22. The van der Waals surface area contributed by atoms with Crippen LogP contribution in [-0.2, 0) is 4.79 Å². The maximum Gasteiger partial charge on any atom is 0.231 e. The summed E-state index contributed by atoms with van der Waals surface area (Å²) in [6.45, 7) is 2.94. The molecule has 1 atom stereocenters. The number of aryl methyl sites for hydroxylation is 1. The zero-order chi connectivity index (χ0) is 17.8. The quantitative estimate of drug-likeness (QED) is 0.865. The molecule has 0 radical (unpaired) electrons. The van der Waals surface area contributed by atoms with Crippen LogP contribution >= 0.6 is 0 Å². The SMILES string of the molecule is COc1ccc(Oc2cc(C)nc([C@H]3CCCN3CC(N)=O)n2)cc1. The van der Waals surface area contributed by atoms with E-state index in [1.165, 1.54) is 0 Å². The van der Waals surface area contributed by atoms with E-state index in [9.17, 15) is 4.79 Å². The van der Waals surface area contributed by atoms with Crippen molar-refractivity contribution in [3.05, 3.63) is 41.9 Å². The third-order valence-electron chi connectivity index (χ3n) is 4.15. The molecule has 0 spiro atoms. The molecule has 0 saturated carbocycles. The summed E-state index contributed by atoms with van der Waals surface area (Å²) in [6, 6.07) is 9.09. The van der Waals surface area contributed by atoms with Gasteiger partial charge in [-0.05, 0) is 50.6 Å². The van der Waals surface area contributed by atoms with Gasteiger partial charge in [0.1, 0.15) is 17.3 Å². The second-order valence-electron chi connectivity index (χ2n) is 6.08. The summed E-state index contributed by atoms with van der Waals surface area (Å²) in [5.74, 6) is 2.25. The number of hydrogen-bond donors (Lipinski definition) is 1. The molecular formula is C18H22N4O3. The molecule has 132 valence electrons. The molecule has 7 heteroatoms. The van der Waals surface area contributed by atoms with Gasteiger partial charge in [0, 0.05) is 11.8 Å². The molecule has 0 unspecified atom stereocenters. The van der Waals surface area contributed by atoms with Gasteiger partial charge < -0.3 is 15.2 Å². The van der Waals surface area contributed by atoms with Crippen molar-refractivity contribution in [2.45, 2.75) is 25.8 Å². The minimum Gasteiger partial charge on any atom is -0.497 e. The van der Waals surface area contributed by atoms with Crippen molar-refractivity contribution in [2.75, 3.05) is 20.2 Å². The van der Waals surface area contributed by atoms with Gasteiger partial charge in [-0.25, -0.2) is 4.98 Å². The molecule has 0 aliphatic carbocycles. The Balaban J connectivity index is 1.81. The summed E-state index contributed by atoms with van der Waals surface area (Å²) < 4.78 is 11.0. The molecule has 1 aliphatic rings. The smallest absolute Gasteiger partial charge is 0.231 e. The van der Waals surface area contributed by atoms with Crippen LogP contribution in [0.25, 0.3) is 0 Å². The second-order valence-corrected chi connectivity index (χ2v) is 6.08. The Labute approximate surface area is 146 Å². The Morgan fingerprint density at radius 3 is 2.68 bits per heavy atom. The number of aromatic nitrogens is 2. The number of carbonyl (C=O) groups excluding carboxylic acids is 1. The molecule has 1 saturated heterocycles. The first-order chi connectivity index (χ1) is 12.0. The highest BCUT2D eigenvalue weighted by molar-refractivity contribution is 5.76. The Kier molecular flexibility index (Phi) is 5.14. The van der Waals surface area contributed by atoms with E-state index in [0.717, 1.165) is 30.8 Å². The summed E-state index contributed by atoms with van der Waals surface area (Å²) >= 11 is 0. The number of nitrogens with two attached hydrogens (primary N) is 1. The number of benzene rings is 1. The summed E-state index contributed by atoms with van der Waals surface area (Å²) in [5, 5.41) is 0. The van der Waals surface area contributed by atoms with Crippen LogP contribution < -0.4 is 15.2 Å². The average molecular weight is 342 g/mol. The number of primary amides is 1. The number of hydrogen-bond acceptors (Lipinski definition) is 6. The van der Waals surface area contributed by atoms with E-state index in [1.807, 2.05) is 36.1 Å². The molecule has 0 bridgehead atoms. The van der Waals surface area contributed by atoms with Crippen molar-refractivity contribution in [2.24, 2.45) is 5.73 Å². The number of carbonyl (C=O) groups is 1. The van der Waals surface area contributed by atoms with E-state index in [-0.39, 0.29) is 18.5 Å². The number of amides is 1. The molecule has 1 aromatic heterocycles.